The lowest BCUT2D eigenvalue weighted by Crippen LogP contribution is -2.35. The van der Waals surface area contributed by atoms with Gasteiger partial charge >= 0.3 is 0 Å². The summed E-state index contributed by atoms with van der Waals surface area (Å²) in [4.78, 5) is 12.0. The predicted octanol–water partition coefficient (Wildman–Crippen LogP) is 2.99. The summed E-state index contributed by atoms with van der Waals surface area (Å²) in [6.07, 6.45) is 1.98. The molecule has 1 fully saturated rings. The van der Waals surface area contributed by atoms with E-state index < -0.39 is 0 Å². The molecule has 1 atom stereocenters. The highest BCUT2D eigenvalue weighted by Gasteiger charge is 2.26. The van der Waals surface area contributed by atoms with Crippen molar-refractivity contribution >= 4 is 5.91 Å². The number of piperidine rings is 1. The first-order chi connectivity index (χ1) is 8.93. The number of carbonyl (C=O) groups is 1. The second-order valence-corrected chi connectivity index (χ2v) is 6.20. The topological polar surface area (TPSA) is 38.3 Å². The number of benzene rings is 1. The van der Waals surface area contributed by atoms with E-state index in [2.05, 4.69) is 32.2 Å². The lowest BCUT2D eigenvalue weighted by Gasteiger charge is -2.26. The van der Waals surface area contributed by atoms with E-state index in [1.807, 2.05) is 12.1 Å². The van der Waals surface area contributed by atoms with Gasteiger partial charge in [-0.3, -0.25) is 4.79 Å². The van der Waals surface area contributed by atoms with Gasteiger partial charge in [-0.15, -0.1) is 0 Å². The standard InChI is InChI=1S/C16H23NO2/c1-16(2,3)13-10-11(7-8-14(13)19-4)12-6-5-9-17-15(12)18/h7-8,10,12H,5-6,9H2,1-4H3,(H,17,18). The van der Waals surface area contributed by atoms with Gasteiger partial charge in [-0.1, -0.05) is 32.9 Å². The molecule has 0 aliphatic carbocycles. The maximum Gasteiger partial charge on any atom is 0.227 e. The van der Waals surface area contributed by atoms with Gasteiger partial charge in [0.15, 0.2) is 0 Å². The van der Waals surface area contributed by atoms with Crippen molar-refractivity contribution in [3.8, 4) is 5.75 Å². The Kier molecular flexibility index (Phi) is 3.83. The van der Waals surface area contributed by atoms with Crippen molar-refractivity contribution in [2.45, 2.75) is 44.9 Å². The molecule has 1 aromatic rings. The van der Waals surface area contributed by atoms with Crippen molar-refractivity contribution in [2.24, 2.45) is 0 Å². The third kappa shape index (κ3) is 2.91. The van der Waals surface area contributed by atoms with Crippen molar-refractivity contribution in [3.63, 3.8) is 0 Å². The Morgan fingerprint density at radius 1 is 1.32 bits per heavy atom. The van der Waals surface area contributed by atoms with Gasteiger partial charge in [0.25, 0.3) is 0 Å². The molecule has 1 aromatic carbocycles. The summed E-state index contributed by atoms with van der Waals surface area (Å²) < 4.78 is 5.44. The molecule has 0 aromatic heterocycles. The molecular weight excluding hydrogens is 238 g/mol. The fourth-order valence-corrected chi connectivity index (χ4v) is 2.62. The van der Waals surface area contributed by atoms with Crippen LogP contribution in [0.15, 0.2) is 18.2 Å². The van der Waals surface area contributed by atoms with Crippen LogP contribution in [0.1, 0.15) is 50.7 Å². The molecule has 1 N–H and O–H groups in total. The van der Waals surface area contributed by atoms with Gasteiger partial charge in [0.05, 0.1) is 13.0 Å². The van der Waals surface area contributed by atoms with Crippen LogP contribution < -0.4 is 10.1 Å². The van der Waals surface area contributed by atoms with Crippen LogP contribution in [0.3, 0.4) is 0 Å². The molecule has 1 aliphatic heterocycles. The molecule has 2 rings (SSSR count). The summed E-state index contributed by atoms with van der Waals surface area (Å²) in [5, 5.41) is 2.95. The number of nitrogens with one attached hydrogen (secondary N) is 1. The molecule has 0 saturated carbocycles. The van der Waals surface area contributed by atoms with Gasteiger partial charge < -0.3 is 10.1 Å². The van der Waals surface area contributed by atoms with Gasteiger partial charge in [-0.25, -0.2) is 0 Å². The van der Waals surface area contributed by atoms with Crippen molar-refractivity contribution in [2.75, 3.05) is 13.7 Å². The molecule has 1 saturated heterocycles. The summed E-state index contributed by atoms with van der Waals surface area (Å²) >= 11 is 0. The Hall–Kier alpha value is -1.51. The number of hydrogen-bond donors (Lipinski definition) is 1. The Morgan fingerprint density at radius 2 is 2.05 bits per heavy atom. The molecule has 0 spiro atoms. The minimum absolute atomic E-state index is 0.00644. The first-order valence-corrected chi connectivity index (χ1v) is 6.89. The van der Waals surface area contributed by atoms with Crippen molar-refractivity contribution in [1.29, 1.82) is 0 Å². The van der Waals surface area contributed by atoms with Crippen LogP contribution in [0.4, 0.5) is 0 Å². The van der Waals surface area contributed by atoms with E-state index in [0.717, 1.165) is 36.3 Å². The van der Waals surface area contributed by atoms with Gasteiger partial charge in [-0.2, -0.15) is 0 Å². The maximum atomic E-state index is 12.0. The second-order valence-electron chi connectivity index (χ2n) is 6.20. The fraction of sp³-hybridized carbons (Fsp3) is 0.562. The Morgan fingerprint density at radius 3 is 2.63 bits per heavy atom. The molecule has 1 unspecified atom stereocenters. The van der Waals surface area contributed by atoms with Gasteiger partial charge in [0.1, 0.15) is 5.75 Å². The monoisotopic (exact) mass is 261 g/mol. The lowest BCUT2D eigenvalue weighted by molar-refractivity contribution is -0.123. The Balaban J connectivity index is 2.40. The highest BCUT2D eigenvalue weighted by atomic mass is 16.5. The molecule has 19 heavy (non-hydrogen) atoms. The highest BCUT2D eigenvalue weighted by molar-refractivity contribution is 5.84. The average Bonchev–Trinajstić information content (AvgIpc) is 2.37. The van der Waals surface area contributed by atoms with Crippen LogP contribution >= 0.6 is 0 Å². The zero-order valence-corrected chi connectivity index (χ0v) is 12.2. The lowest BCUT2D eigenvalue weighted by atomic mass is 9.82. The van der Waals surface area contributed by atoms with E-state index in [1.165, 1.54) is 0 Å². The van der Waals surface area contributed by atoms with Crippen LogP contribution in [-0.2, 0) is 10.2 Å². The number of rotatable bonds is 2. The molecule has 3 nitrogen and oxygen atoms in total. The van der Waals surface area contributed by atoms with E-state index in [9.17, 15) is 4.79 Å². The van der Waals surface area contributed by atoms with Crippen LogP contribution in [0.2, 0.25) is 0 Å². The first kappa shape index (κ1) is 13.9. The third-order valence-electron chi connectivity index (χ3n) is 3.72. The molecule has 0 bridgehead atoms. The average molecular weight is 261 g/mol. The smallest absolute Gasteiger partial charge is 0.227 e. The number of methoxy groups -OCH3 is 1. The van der Waals surface area contributed by atoms with E-state index >= 15 is 0 Å². The van der Waals surface area contributed by atoms with Crippen molar-refractivity contribution < 1.29 is 9.53 Å². The Bertz CT molecular complexity index is 474. The summed E-state index contributed by atoms with van der Waals surface area (Å²) in [6.45, 7) is 7.29. The van der Waals surface area contributed by atoms with Crippen molar-refractivity contribution in [1.82, 2.24) is 5.32 Å². The summed E-state index contributed by atoms with van der Waals surface area (Å²) in [6, 6.07) is 6.13. The predicted molar refractivity (Wildman–Crippen MR) is 76.7 cm³/mol. The number of hydrogen-bond acceptors (Lipinski definition) is 2. The Labute approximate surface area is 115 Å². The second kappa shape index (κ2) is 5.24. The largest absolute Gasteiger partial charge is 0.496 e. The van der Waals surface area contributed by atoms with Crippen LogP contribution in [-0.4, -0.2) is 19.6 Å². The van der Waals surface area contributed by atoms with E-state index in [1.54, 1.807) is 7.11 Å². The van der Waals surface area contributed by atoms with E-state index in [-0.39, 0.29) is 17.2 Å². The number of carbonyl (C=O) groups excluding carboxylic acids is 1. The first-order valence-electron chi connectivity index (χ1n) is 6.89. The maximum absolute atomic E-state index is 12.0. The third-order valence-corrected chi connectivity index (χ3v) is 3.72. The zero-order chi connectivity index (χ0) is 14.0. The number of amides is 1. The van der Waals surface area contributed by atoms with Crippen LogP contribution in [0, 0.1) is 0 Å². The minimum atomic E-state index is -0.0132. The summed E-state index contributed by atoms with van der Waals surface area (Å²) in [5.74, 6) is 1.03. The fourth-order valence-electron chi connectivity index (χ4n) is 2.62. The van der Waals surface area contributed by atoms with Crippen molar-refractivity contribution in [3.05, 3.63) is 29.3 Å². The normalized spacial score (nSPS) is 20.0. The van der Waals surface area contributed by atoms with E-state index in [0.29, 0.717) is 0 Å². The molecule has 104 valence electrons. The quantitative estimate of drug-likeness (QED) is 0.888. The molecule has 1 heterocycles. The highest BCUT2D eigenvalue weighted by Crippen LogP contribution is 2.35. The molecule has 0 radical (unpaired) electrons. The molecular formula is C16H23NO2. The van der Waals surface area contributed by atoms with Gasteiger partial charge in [-0.05, 0) is 35.4 Å². The zero-order valence-electron chi connectivity index (χ0n) is 12.2. The van der Waals surface area contributed by atoms with Gasteiger partial charge in [0, 0.05) is 6.54 Å². The van der Waals surface area contributed by atoms with Crippen LogP contribution in [0.25, 0.3) is 0 Å². The summed E-state index contributed by atoms with van der Waals surface area (Å²) in [7, 11) is 1.69. The van der Waals surface area contributed by atoms with Gasteiger partial charge in [0.2, 0.25) is 5.91 Å². The van der Waals surface area contributed by atoms with Crippen LogP contribution in [0.5, 0.6) is 5.75 Å². The molecule has 1 amide bonds. The van der Waals surface area contributed by atoms with E-state index in [4.69, 9.17) is 4.74 Å². The number of ether oxygens (including phenoxy) is 1. The minimum Gasteiger partial charge on any atom is -0.496 e. The SMILES string of the molecule is COc1ccc(C2CCCNC2=O)cc1C(C)(C)C. The molecule has 3 heteroatoms. The molecule has 1 aliphatic rings. The summed E-state index contributed by atoms with van der Waals surface area (Å²) in [5.41, 5.74) is 2.26.